The van der Waals surface area contributed by atoms with Gasteiger partial charge in [-0.3, -0.25) is 9.48 Å². The van der Waals surface area contributed by atoms with Gasteiger partial charge in [0.1, 0.15) is 11.3 Å². The molecule has 0 atom stereocenters. The zero-order valence-corrected chi connectivity index (χ0v) is 13.5. The molecule has 0 fully saturated rings. The first-order valence-corrected chi connectivity index (χ1v) is 7.24. The second-order valence-electron chi connectivity index (χ2n) is 5.45. The summed E-state index contributed by atoms with van der Waals surface area (Å²) in [6.07, 6.45) is 3.69. The van der Waals surface area contributed by atoms with Gasteiger partial charge in [-0.2, -0.15) is 5.10 Å². The molecule has 6 heteroatoms. The molecule has 0 aliphatic rings. The molecular formula is C17H18N4O2. The molecule has 3 aromatic rings. The van der Waals surface area contributed by atoms with Crippen molar-refractivity contribution in [1.82, 2.24) is 14.8 Å². The molecule has 3 rings (SSSR count). The van der Waals surface area contributed by atoms with Gasteiger partial charge < -0.3 is 10.1 Å². The van der Waals surface area contributed by atoms with E-state index in [-0.39, 0.29) is 5.91 Å². The number of nitrogens with one attached hydrogen (secondary N) is 1. The van der Waals surface area contributed by atoms with Gasteiger partial charge in [0.05, 0.1) is 24.7 Å². The minimum atomic E-state index is -0.118. The highest BCUT2D eigenvalue weighted by molar-refractivity contribution is 6.04. The fourth-order valence-electron chi connectivity index (χ4n) is 2.67. The van der Waals surface area contributed by atoms with Crippen molar-refractivity contribution in [3.05, 3.63) is 36.2 Å². The largest absolute Gasteiger partial charge is 0.494 e. The number of hydrogen-bond donors (Lipinski definition) is 1. The van der Waals surface area contributed by atoms with Crippen molar-refractivity contribution < 1.29 is 9.53 Å². The number of ether oxygens (including phenoxy) is 1. The molecule has 1 aromatic carbocycles. The third-order valence-corrected chi connectivity index (χ3v) is 3.65. The number of hydrogen-bond acceptors (Lipinski definition) is 4. The normalized spacial score (nSPS) is 10.8. The lowest BCUT2D eigenvalue weighted by Gasteiger charge is -2.13. The van der Waals surface area contributed by atoms with E-state index >= 15 is 0 Å². The maximum Gasteiger partial charge on any atom is 0.221 e. The molecule has 0 radical (unpaired) electrons. The molecule has 0 bridgehead atoms. The number of carbonyl (C=O) groups is 1. The molecule has 0 unspecified atom stereocenters. The van der Waals surface area contributed by atoms with E-state index in [0.717, 1.165) is 33.4 Å². The number of aromatic nitrogens is 3. The number of methoxy groups -OCH3 is 1. The number of amides is 1. The molecule has 2 heterocycles. The van der Waals surface area contributed by atoms with E-state index < -0.39 is 0 Å². The Hall–Kier alpha value is -2.89. The number of anilines is 1. The van der Waals surface area contributed by atoms with Crippen molar-refractivity contribution in [3.8, 4) is 17.0 Å². The topological polar surface area (TPSA) is 69.0 Å². The summed E-state index contributed by atoms with van der Waals surface area (Å²) in [4.78, 5) is 16.2. The first-order valence-electron chi connectivity index (χ1n) is 7.24. The van der Waals surface area contributed by atoms with Crippen LogP contribution >= 0.6 is 0 Å². The first kappa shape index (κ1) is 15.0. The molecule has 2 aromatic heterocycles. The summed E-state index contributed by atoms with van der Waals surface area (Å²) in [6, 6.07) is 5.64. The quantitative estimate of drug-likeness (QED) is 0.807. The summed E-state index contributed by atoms with van der Waals surface area (Å²) in [5.74, 6) is 0.551. The van der Waals surface area contributed by atoms with Gasteiger partial charge in [0, 0.05) is 31.1 Å². The number of aryl methyl sites for hydroxylation is 2. The number of rotatable bonds is 3. The van der Waals surface area contributed by atoms with Crippen LogP contribution in [0.5, 0.6) is 5.75 Å². The summed E-state index contributed by atoms with van der Waals surface area (Å²) in [5.41, 5.74) is 4.22. The van der Waals surface area contributed by atoms with Crippen molar-refractivity contribution in [2.75, 3.05) is 12.4 Å². The second-order valence-corrected chi connectivity index (χ2v) is 5.45. The van der Waals surface area contributed by atoms with Gasteiger partial charge in [-0.1, -0.05) is 0 Å². The lowest BCUT2D eigenvalue weighted by atomic mass is 10.0. The van der Waals surface area contributed by atoms with Crippen LogP contribution in [-0.2, 0) is 11.8 Å². The Kier molecular flexibility index (Phi) is 3.73. The Labute approximate surface area is 134 Å². The van der Waals surface area contributed by atoms with Gasteiger partial charge >= 0.3 is 0 Å². The monoisotopic (exact) mass is 310 g/mol. The summed E-state index contributed by atoms with van der Waals surface area (Å²) in [7, 11) is 3.48. The van der Waals surface area contributed by atoms with Crippen LogP contribution in [0.15, 0.2) is 30.6 Å². The summed E-state index contributed by atoms with van der Waals surface area (Å²) < 4.78 is 7.18. The Balaban J connectivity index is 2.28. The predicted octanol–water partition coefficient (Wildman–Crippen LogP) is 2.91. The first-order chi connectivity index (χ1) is 11.0. The van der Waals surface area contributed by atoms with Gasteiger partial charge in [0.15, 0.2) is 0 Å². The van der Waals surface area contributed by atoms with E-state index in [1.807, 2.05) is 38.4 Å². The fourth-order valence-corrected chi connectivity index (χ4v) is 2.67. The van der Waals surface area contributed by atoms with E-state index in [4.69, 9.17) is 9.72 Å². The summed E-state index contributed by atoms with van der Waals surface area (Å²) in [6.45, 7) is 3.48. The van der Waals surface area contributed by atoms with Gasteiger partial charge in [-0.15, -0.1) is 0 Å². The highest BCUT2D eigenvalue weighted by Gasteiger charge is 2.14. The van der Waals surface area contributed by atoms with Gasteiger partial charge in [0.25, 0.3) is 0 Å². The summed E-state index contributed by atoms with van der Waals surface area (Å²) in [5, 5.41) is 7.92. The van der Waals surface area contributed by atoms with Crippen LogP contribution in [0.1, 0.15) is 12.5 Å². The second kappa shape index (κ2) is 5.72. The number of benzene rings is 1. The summed E-state index contributed by atoms with van der Waals surface area (Å²) >= 11 is 0. The van der Waals surface area contributed by atoms with Gasteiger partial charge in [0.2, 0.25) is 5.91 Å². The van der Waals surface area contributed by atoms with E-state index in [1.54, 1.807) is 18.0 Å². The molecule has 0 saturated heterocycles. The smallest absolute Gasteiger partial charge is 0.221 e. The Bertz CT molecular complexity index is 899. The molecule has 0 aliphatic carbocycles. The van der Waals surface area contributed by atoms with E-state index in [0.29, 0.717) is 5.75 Å². The van der Waals surface area contributed by atoms with Gasteiger partial charge in [-0.05, 0) is 30.7 Å². The average molecular weight is 310 g/mol. The molecule has 6 nitrogen and oxygen atoms in total. The minimum absolute atomic E-state index is 0.118. The van der Waals surface area contributed by atoms with Crippen molar-refractivity contribution in [3.63, 3.8) is 0 Å². The third kappa shape index (κ3) is 2.75. The molecule has 1 amide bonds. The Morgan fingerprint density at radius 1 is 1.35 bits per heavy atom. The SMILES string of the molecule is COc1ccc(NC(C)=O)c2c(C)cc(-c3cnn(C)c3)nc12. The molecule has 23 heavy (non-hydrogen) atoms. The van der Waals surface area contributed by atoms with Gasteiger partial charge in [-0.25, -0.2) is 4.98 Å². The van der Waals surface area contributed by atoms with Crippen molar-refractivity contribution in [1.29, 1.82) is 0 Å². The van der Waals surface area contributed by atoms with Crippen molar-refractivity contribution >= 4 is 22.5 Å². The lowest BCUT2D eigenvalue weighted by molar-refractivity contribution is -0.114. The maximum atomic E-state index is 11.4. The maximum absolute atomic E-state index is 11.4. The number of pyridine rings is 1. The van der Waals surface area contributed by atoms with Crippen LogP contribution in [0.2, 0.25) is 0 Å². The van der Waals surface area contributed by atoms with Crippen molar-refractivity contribution in [2.24, 2.45) is 7.05 Å². The van der Waals surface area contributed by atoms with Crippen LogP contribution in [0.3, 0.4) is 0 Å². The molecule has 0 saturated carbocycles. The number of carbonyl (C=O) groups excluding carboxylic acids is 1. The molecule has 0 aliphatic heterocycles. The zero-order valence-electron chi connectivity index (χ0n) is 13.5. The number of nitrogens with zero attached hydrogens (tertiary/aromatic N) is 3. The zero-order chi connectivity index (χ0) is 16.6. The van der Waals surface area contributed by atoms with Crippen LogP contribution < -0.4 is 10.1 Å². The van der Waals surface area contributed by atoms with Crippen LogP contribution in [0.4, 0.5) is 5.69 Å². The molecule has 1 N–H and O–H groups in total. The minimum Gasteiger partial charge on any atom is -0.494 e. The van der Waals surface area contributed by atoms with Crippen LogP contribution in [0.25, 0.3) is 22.2 Å². The molecule has 118 valence electrons. The van der Waals surface area contributed by atoms with E-state index in [1.165, 1.54) is 6.92 Å². The number of fused-ring (bicyclic) bond motifs is 1. The Morgan fingerprint density at radius 3 is 2.74 bits per heavy atom. The fraction of sp³-hybridized carbons (Fsp3) is 0.235. The predicted molar refractivity (Wildman–Crippen MR) is 89.5 cm³/mol. The lowest BCUT2D eigenvalue weighted by Crippen LogP contribution is -2.07. The van der Waals surface area contributed by atoms with Crippen LogP contribution in [0, 0.1) is 6.92 Å². The molecule has 0 spiro atoms. The van der Waals surface area contributed by atoms with Crippen LogP contribution in [-0.4, -0.2) is 27.8 Å². The van der Waals surface area contributed by atoms with Crippen molar-refractivity contribution in [2.45, 2.75) is 13.8 Å². The van der Waals surface area contributed by atoms with E-state index in [2.05, 4.69) is 10.4 Å². The standard InChI is InChI=1S/C17H18N4O2/c1-10-7-14(12-8-18-21(3)9-12)20-17-15(23-4)6-5-13(16(10)17)19-11(2)22/h5-9H,1-4H3,(H,19,22). The highest BCUT2D eigenvalue weighted by atomic mass is 16.5. The highest BCUT2D eigenvalue weighted by Crippen LogP contribution is 2.35. The third-order valence-electron chi connectivity index (χ3n) is 3.65. The average Bonchev–Trinajstić information content (AvgIpc) is 2.93. The van der Waals surface area contributed by atoms with E-state index in [9.17, 15) is 4.79 Å². The Morgan fingerprint density at radius 2 is 2.13 bits per heavy atom. The molecular weight excluding hydrogens is 292 g/mol.